The molecule has 1 unspecified atom stereocenters. The van der Waals surface area contributed by atoms with E-state index in [1.165, 1.54) is 0 Å². The quantitative estimate of drug-likeness (QED) is 0.418. The van der Waals surface area contributed by atoms with Gasteiger partial charge in [0, 0.05) is 29.8 Å². The minimum absolute atomic E-state index is 0.112. The first-order valence-corrected chi connectivity index (χ1v) is 6.89. The van der Waals surface area contributed by atoms with E-state index in [2.05, 4.69) is 5.43 Å². The highest BCUT2D eigenvalue weighted by Crippen LogP contribution is 2.22. The third kappa shape index (κ3) is 6.56. The Morgan fingerprint density at radius 1 is 1.26 bits per heavy atom. The summed E-state index contributed by atoms with van der Waals surface area (Å²) in [4.78, 5) is 0. The SMILES string of the molecule is COCCOCCC(Cc1ccc(Cl)cc1Cl)NN. The van der Waals surface area contributed by atoms with Crippen LogP contribution in [0.4, 0.5) is 0 Å². The zero-order valence-corrected chi connectivity index (χ0v) is 12.5. The lowest BCUT2D eigenvalue weighted by molar-refractivity contribution is 0.0658. The van der Waals surface area contributed by atoms with Gasteiger partial charge < -0.3 is 9.47 Å². The van der Waals surface area contributed by atoms with Crippen LogP contribution in [0, 0.1) is 0 Å². The van der Waals surface area contributed by atoms with Crippen LogP contribution in [-0.2, 0) is 15.9 Å². The maximum absolute atomic E-state index is 6.13. The number of methoxy groups -OCH3 is 1. The summed E-state index contributed by atoms with van der Waals surface area (Å²) in [5, 5.41) is 1.29. The number of hydrogen-bond donors (Lipinski definition) is 2. The second-order valence-electron chi connectivity index (χ2n) is 4.20. The second kappa shape index (κ2) is 9.53. The second-order valence-corrected chi connectivity index (χ2v) is 5.04. The van der Waals surface area contributed by atoms with Crippen LogP contribution in [0.5, 0.6) is 0 Å². The van der Waals surface area contributed by atoms with Gasteiger partial charge in [0.1, 0.15) is 0 Å². The molecule has 4 nitrogen and oxygen atoms in total. The van der Waals surface area contributed by atoms with Crippen LogP contribution in [0.3, 0.4) is 0 Å². The molecule has 0 aliphatic heterocycles. The van der Waals surface area contributed by atoms with Crippen LogP contribution < -0.4 is 11.3 Å². The first-order chi connectivity index (χ1) is 9.17. The molecule has 3 N–H and O–H groups in total. The Balaban J connectivity index is 2.39. The molecule has 0 heterocycles. The molecule has 19 heavy (non-hydrogen) atoms. The summed E-state index contributed by atoms with van der Waals surface area (Å²) in [7, 11) is 1.65. The van der Waals surface area contributed by atoms with E-state index >= 15 is 0 Å². The molecule has 0 aliphatic carbocycles. The predicted molar refractivity (Wildman–Crippen MR) is 78.6 cm³/mol. The molecular weight excluding hydrogens is 287 g/mol. The number of hydrogen-bond acceptors (Lipinski definition) is 4. The Hall–Kier alpha value is -0.360. The molecule has 0 amide bonds. The highest BCUT2D eigenvalue weighted by molar-refractivity contribution is 6.35. The summed E-state index contributed by atoms with van der Waals surface area (Å²) in [5.74, 6) is 5.54. The molecule has 0 aliphatic rings. The van der Waals surface area contributed by atoms with Gasteiger partial charge in [0.25, 0.3) is 0 Å². The number of ether oxygens (including phenoxy) is 2. The van der Waals surface area contributed by atoms with Crippen LogP contribution in [-0.4, -0.2) is 33.0 Å². The van der Waals surface area contributed by atoms with Gasteiger partial charge in [0.15, 0.2) is 0 Å². The van der Waals surface area contributed by atoms with Crippen LogP contribution in [0.1, 0.15) is 12.0 Å². The fraction of sp³-hybridized carbons (Fsp3) is 0.538. The minimum Gasteiger partial charge on any atom is -0.382 e. The van der Waals surface area contributed by atoms with Gasteiger partial charge in [-0.05, 0) is 30.5 Å². The Morgan fingerprint density at radius 2 is 2.05 bits per heavy atom. The molecule has 0 fully saturated rings. The summed E-state index contributed by atoms with van der Waals surface area (Å²) in [6.45, 7) is 1.82. The average Bonchev–Trinajstić information content (AvgIpc) is 2.39. The lowest BCUT2D eigenvalue weighted by Crippen LogP contribution is -2.37. The monoisotopic (exact) mass is 306 g/mol. The van der Waals surface area contributed by atoms with Gasteiger partial charge in [-0.25, -0.2) is 0 Å². The molecule has 0 aromatic heterocycles. The van der Waals surface area contributed by atoms with E-state index in [9.17, 15) is 0 Å². The van der Waals surface area contributed by atoms with Crippen molar-refractivity contribution in [2.75, 3.05) is 26.9 Å². The number of nitrogens with two attached hydrogens (primary N) is 1. The Bertz CT molecular complexity index is 378. The Labute approximate surface area is 124 Å². The number of rotatable bonds is 9. The Morgan fingerprint density at radius 3 is 2.68 bits per heavy atom. The molecule has 108 valence electrons. The molecule has 0 saturated carbocycles. The number of hydrazine groups is 1. The minimum atomic E-state index is 0.112. The van der Waals surface area contributed by atoms with Crippen molar-refractivity contribution in [1.29, 1.82) is 0 Å². The maximum atomic E-state index is 6.13. The van der Waals surface area contributed by atoms with Crippen LogP contribution in [0.15, 0.2) is 18.2 Å². The lowest BCUT2D eigenvalue weighted by atomic mass is 10.0. The van der Waals surface area contributed by atoms with Crippen LogP contribution in [0.25, 0.3) is 0 Å². The van der Waals surface area contributed by atoms with Gasteiger partial charge in [-0.1, -0.05) is 29.3 Å². The zero-order chi connectivity index (χ0) is 14.1. The third-order valence-corrected chi connectivity index (χ3v) is 3.35. The van der Waals surface area contributed by atoms with Crippen molar-refractivity contribution >= 4 is 23.2 Å². The molecule has 0 bridgehead atoms. The topological polar surface area (TPSA) is 56.5 Å². The molecule has 1 aromatic rings. The van der Waals surface area contributed by atoms with Crippen molar-refractivity contribution in [2.45, 2.75) is 18.9 Å². The van der Waals surface area contributed by atoms with E-state index in [4.69, 9.17) is 38.5 Å². The predicted octanol–water partition coefficient (Wildman–Crippen LogP) is 2.42. The molecule has 1 aromatic carbocycles. The van der Waals surface area contributed by atoms with Crippen molar-refractivity contribution in [3.05, 3.63) is 33.8 Å². The molecular formula is C13H20Cl2N2O2. The molecule has 0 radical (unpaired) electrons. The molecule has 1 rings (SSSR count). The third-order valence-electron chi connectivity index (χ3n) is 2.76. The fourth-order valence-electron chi connectivity index (χ4n) is 1.67. The van der Waals surface area contributed by atoms with Crippen molar-refractivity contribution in [2.24, 2.45) is 5.84 Å². The summed E-state index contributed by atoms with van der Waals surface area (Å²) < 4.78 is 10.3. The fourth-order valence-corrected chi connectivity index (χ4v) is 2.15. The van der Waals surface area contributed by atoms with Crippen molar-refractivity contribution in [1.82, 2.24) is 5.43 Å². The summed E-state index contributed by atoms with van der Waals surface area (Å²) in [6, 6.07) is 5.59. The first kappa shape index (κ1) is 16.7. The normalized spacial score (nSPS) is 12.6. The van der Waals surface area contributed by atoms with Crippen LogP contribution >= 0.6 is 23.2 Å². The highest BCUT2D eigenvalue weighted by Gasteiger charge is 2.10. The van der Waals surface area contributed by atoms with E-state index in [-0.39, 0.29) is 6.04 Å². The molecule has 6 heteroatoms. The molecule has 0 saturated heterocycles. The molecule has 0 spiro atoms. The first-order valence-electron chi connectivity index (χ1n) is 6.14. The van der Waals surface area contributed by atoms with E-state index < -0.39 is 0 Å². The van der Waals surface area contributed by atoms with E-state index in [0.29, 0.717) is 29.9 Å². The molecule has 1 atom stereocenters. The number of nitrogens with one attached hydrogen (secondary N) is 1. The van der Waals surface area contributed by atoms with Gasteiger partial charge in [0.2, 0.25) is 0 Å². The van der Waals surface area contributed by atoms with E-state index in [1.54, 1.807) is 13.2 Å². The maximum Gasteiger partial charge on any atom is 0.0700 e. The van der Waals surface area contributed by atoms with Gasteiger partial charge in [0.05, 0.1) is 13.2 Å². The van der Waals surface area contributed by atoms with Crippen molar-refractivity contribution in [3.8, 4) is 0 Å². The van der Waals surface area contributed by atoms with Gasteiger partial charge in [-0.2, -0.15) is 0 Å². The van der Waals surface area contributed by atoms with Gasteiger partial charge >= 0.3 is 0 Å². The van der Waals surface area contributed by atoms with Crippen molar-refractivity contribution in [3.63, 3.8) is 0 Å². The van der Waals surface area contributed by atoms with Crippen molar-refractivity contribution < 1.29 is 9.47 Å². The largest absolute Gasteiger partial charge is 0.382 e. The summed E-state index contributed by atoms with van der Waals surface area (Å²) in [6.07, 6.45) is 1.54. The zero-order valence-electron chi connectivity index (χ0n) is 11.0. The van der Waals surface area contributed by atoms with E-state index in [0.717, 1.165) is 18.4 Å². The summed E-state index contributed by atoms with van der Waals surface area (Å²) >= 11 is 12.0. The highest BCUT2D eigenvalue weighted by atomic mass is 35.5. The lowest BCUT2D eigenvalue weighted by Gasteiger charge is -2.16. The Kier molecular flexibility index (Phi) is 8.37. The van der Waals surface area contributed by atoms with E-state index in [1.807, 2.05) is 12.1 Å². The van der Waals surface area contributed by atoms with Gasteiger partial charge in [-0.15, -0.1) is 0 Å². The number of benzene rings is 1. The number of halogens is 2. The average molecular weight is 307 g/mol. The summed E-state index contributed by atoms with van der Waals surface area (Å²) in [5.41, 5.74) is 3.80. The standard InChI is InChI=1S/C13H20Cl2N2O2/c1-18-6-7-19-5-4-12(17-16)8-10-2-3-11(14)9-13(10)15/h2-3,9,12,17H,4-8,16H2,1H3. The smallest absolute Gasteiger partial charge is 0.0700 e. The van der Waals surface area contributed by atoms with Gasteiger partial charge in [-0.3, -0.25) is 11.3 Å². The van der Waals surface area contributed by atoms with Crippen LogP contribution in [0.2, 0.25) is 10.0 Å².